The number of rotatable bonds is 10. The van der Waals surface area contributed by atoms with E-state index in [1.165, 1.54) is 0 Å². The molecule has 0 unspecified atom stereocenters. The Balaban J connectivity index is 1.55. The van der Waals surface area contributed by atoms with E-state index in [-0.39, 0.29) is 16.9 Å². The molecule has 8 heteroatoms. The fourth-order valence-corrected chi connectivity index (χ4v) is 3.85. The second kappa shape index (κ2) is 13.6. The highest BCUT2D eigenvalue weighted by Crippen LogP contribution is 2.24. The van der Waals surface area contributed by atoms with E-state index >= 15 is 0 Å². The molecule has 3 aromatic rings. The lowest BCUT2D eigenvalue weighted by atomic mass is 10.2. The Morgan fingerprint density at radius 1 is 0.857 bits per heavy atom. The summed E-state index contributed by atoms with van der Waals surface area (Å²) in [6, 6.07) is 21.4. The maximum absolute atomic E-state index is 12.9. The summed E-state index contributed by atoms with van der Waals surface area (Å²) in [6.45, 7) is 2.71. The van der Waals surface area contributed by atoms with Crippen LogP contribution in [0.1, 0.15) is 53.3 Å². The Hall–Kier alpha value is -3.23. The van der Waals surface area contributed by atoms with Crippen molar-refractivity contribution in [3.8, 4) is 5.75 Å². The molecule has 3 rings (SSSR count). The lowest BCUT2D eigenvalue weighted by Crippen LogP contribution is -2.34. The molecule has 0 spiro atoms. The molecule has 2 amide bonds. The second-order valence-electron chi connectivity index (χ2n) is 7.86. The molecular weight excluding hydrogens is 526 g/mol. The van der Waals surface area contributed by atoms with Crippen molar-refractivity contribution in [2.75, 3.05) is 17.2 Å². The molecule has 0 heterocycles. The first-order valence-corrected chi connectivity index (χ1v) is 12.7. The molecule has 0 aliphatic rings. The number of ether oxygens (including phenoxy) is 1. The summed E-state index contributed by atoms with van der Waals surface area (Å²) >= 11 is 8.74. The van der Waals surface area contributed by atoms with Crippen LogP contribution in [0, 0.1) is 0 Å². The first-order valence-electron chi connectivity index (χ1n) is 11.5. The normalized spacial score (nSPS) is 10.3. The second-order valence-corrected chi connectivity index (χ2v) is 9.18. The van der Waals surface area contributed by atoms with E-state index < -0.39 is 0 Å². The molecule has 0 aliphatic heterocycles. The molecule has 3 aromatic carbocycles. The van der Waals surface area contributed by atoms with Gasteiger partial charge in [-0.25, -0.2) is 0 Å². The van der Waals surface area contributed by atoms with Crippen LogP contribution in [-0.2, 0) is 0 Å². The molecule has 3 N–H and O–H groups in total. The standard InChI is InChI=1S/C27H28BrN3O3S/c1-2-3-4-8-17-34-24-16-11-20(28)18-23(24)26(33)31-27(35)30-22-14-12-21(13-15-22)29-25(32)19-9-6-5-7-10-19/h5-7,9-16,18H,2-4,8,17H2,1H3,(H,29,32)(H2,30,31,33,35). The van der Waals surface area contributed by atoms with Crippen LogP contribution in [0.2, 0.25) is 0 Å². The fourth-order valence-electron chi connectivity index (χ4n) is 3.28. The van der Waals surface area contributed by atoms with Crippen LogP contribution >= 0.6 is 28.1 Å². The van der Waals surface area contributed by atoms with Gasteiger partial charge in [0, 0.05) is 21.4 Å². The average molecular weight is 555 g/mol. The third-order valence-corrected chi connectivity index (χ3v) is 5.80. The van der Waals surface area contributed by atoms with Crippen LogP contribution in [0.3, 0.4) is 0 Å². The number of thiocarbonyl (C=S) groups is 1. The third kappa shape index (κ3) is 8.49. The molecular formula is C27H28BrN3O3S. The zero-order valence-corrected chi connectivity index (χ0v) is 21.9. The summed E-state index contributed by atoms with van der Waals surface area (Å²) in [5.74, 6) is -0.0332. The van der Waals surface area contributed by atoms with E-state index in [0.717, 1.165) is 30.2 Å². The molecule has 6 nitrogen and oxygen atoms in total. The summed E-state index contributed by atoms with van der Waals surface area (Å²) in [4.78, 5) is 25.2. The van der Waals surface area contributed by atoms with Crippen molar-refractivity contribution in [3.05, 3.63) is 88.4 Å². The van der Waals surface area contributed by atoms with Gasteiger partial charge in [-0.15, -0.1) is 0 Å². The number of unbranched alkanes of at least 4 members (excludes halogenated alkanes) is 3. The van der Waals surface area contributed by atoms with E-state index in [9.17, 15) is 9.59 Å². The zero-order chi connectivity index (χ0) is 25.0. The quantitative estimate of drug-likeness (QED) is 0.190. The average Bonchev–Trinajstić information content (AvgIpc) is 2.86. The maximum Gasteiger partial charge on any atom is 0.261 e. The van der Waals surface area contributed by atoms with E-state index in [0.29, 0.717) is 34.9 Å². The van der Waals surface area contributed by atoms with Crippen molar-refractivity contribution in [1.82, 2.24) is 5.32 Å². The van der Waals surface area contributed by atoms with Crippen LogP contribution in [0.25, 0.3) is 0 Å². The van der Waals surface area contributed by atoms with Crippen molar-refractivity contribution < 1.29 is 14.3 Å². The number of hydrogen-bond acceptors (Lipinski definition) is 4. The van der Waals surface area contributed by atoms with Crippen LogP contribution in [0.15, 0.2) is 77.3 Å². The van der Waals surface area contributed by atoms with Gasteiger partial charge in [0.25, 0.3) is 11.8 Å². The van der Waals surface area contributed by atoms with Gasteiger partial charge in [0.15, 0.2) is 5.11 Å². The van der Waals surface area contributed by atoms with Crippen LogP contribution in [0.5, 0.6) is 5.75 Å². The summed E-state index contributed by atoms with van der Waals surface area (Å²) in [5, 5.41) is 8.69. The third-order valence-electron chi connectivity index (χ3n) is 5.11. The molecule has 182 valence electrons. The highest BCUT2D eigenvalue weighted by atomic mass is 79.9. The highest BCUT2D eigenvalue weighted by molar-refractivity contribution is 9.10. The van der Waals surface area contributed by atoms with Gasteiger partial charge in [-0.2, -0.15) is 0 Å². The molecule has 35 heavy (non-hydrogen) atoms. The van der Waals surface area contributed by atoms with Crippen molar-refractivity contribution in [2.45, 2.75) is 32.6 Å². The lowest BCUT2D eigenvalue weighted by Gasteiger charge is -2.14. The van der Waals surface area contributed by atoms with E-state index in [1.54, 1.807) is 48.5 Å². The summed E-state index contributed by atoms with van der Waals surface area (Å²) < 4.78 is 6.63. The van der Waals surface area contributed by atoms with Crippen LogP contribution in [0.4, 0.5) is 11.4 Å². The Morgan fingerprint density at radius 2 is 1.54 bits per heavy atom. The van der Waals surface area contributed by atoms with Gasteiger partial charge in [0.1, 0.15) is 5.75 Å². The summed E-state index contributed by atoms with van der Waals surface area (Å²) in [7, 11) is 0. The Bertz CT molecular complexity index is 1150. The van der Waals surface area contributed by atoms with E-state index in [1.807, 2.05) is 24.3 Å². The van der Waals surface area contributed by atoms with Gasteiger partial charge in [-0.1, -0.05) is 60.3 Å². The SMILES string of the molecule is CCCCCCOc1ccc(Br)cc1C(=O)NC(=S)Nc1ccc(NC(=O)c2ccccc2)cc1. The molecule has 0 saturated carbocycles. The van der Waals surface area contributed by atoms with Gasteiger partial charge in [-0.3, -0.25) is 14.9 Å². The van der Waals surface area contributed by atoms with Gasteiger partial charge in [0.2, 0.25) is 0 Å². The predicted octanol–water partition coefficient (Wildman–Crippen LogP) is 6.79. The topological polar surface area (TPSA) is 79.5 Å². The first-order chi connectivity index (χ1) is 17.0. The number of anilines is 2. The first kappa shape index (κ1) is 26.4. The lowest BCUT2D eigenvalue weighted by molar-refractivity contribution is 0.0972. The Labute approximate surface area is 219 Å². The molecule has 0 bridgehead atoms. The molecule has 0 radical (unpaired) electrons. The number of hydrogen-bond donors (Lipinski definition) is 3. The number of carbonyl (C=O) groups excluding carboxylic acids is 2. The number of benzene rings is 3. The zero-order valence-electron chi connectivity index (χ0n) is 19.5. The van der Waals surface area contributed by atoms with Gasteiger partial charge in [0.05, 0.1) is 12.2 Å². The number of amides is 2. The van der Waals surface area contributed by atoms with Gasteiger partial charge >= 0.3 is 0 Å². The highest BCUT2D eigenvalue weighted by Gasteiger charge is 2.15. The van der Waals surface area contributed by atoms with Crippen LogP contribution in [-0.4, -0.2) is 23.5 Å². The number of nitrogens with one attached hydrogen (secondary N) is 3. The fraction of sp³-hybridized carbons (Fsp3) is 0.222. The van der Waals surface area contributed by atoms with Crippen molar-refractivity contribution >= 4 is 56.4 Å². The minimum atomic E-state index is -0.362. The van der Waals surface area contributed by atoms with E-state index in [4.69, 9.17) is 17.0 Å². The maximum atomic E-state index is 12.9. The number of halogens is 1. The van der Waals surface area contributed by atoms with Crippen molar-refractivity contribution in [1.29, 1.82) is 0 Å². The summed E-state index contributed by atoms with van der Waals surface area (Å²) in [6.07, 6.45) is 4.35. The van der Waals surface area contributed by atoms with Gasteiger partial charge < -0.3 is 15.4 Å². The molecule has 0 atom stereocenters. The molecule has 0 aliphatic carbocycles. The largest absolute Gasteiger partial charge is 0.493 e. The monoisotopic (exact) mass is 553 g/mol. The van der Waals surface area contributed by atoms with Crippen molar-refractivity contribution in [3.63, 3.8) is 0 Å². The minimum Gasteiger partial charge on any atom is -0.493 e. The van der Waals surface area contributed by atoms with Crippen LogP contribution < -0.4 is 20.7 Å². The van der Waals surface area contributed by atoms with Crippen molar-refractivity contribution in [2.24, 2.45) is 0 Å². The minimum absolute atomic E-state index is 0.157. The smallest absolute Gasteiger partial charge is 0.261 e. The Morgan fingerprint density at radius 3 is 2.23 bits per heavy atom. The van der Waals surface area contributed by atoms with E-state index in [2.05, 4.69) is 38.8 Å². The molecule has 0 saturated heterocycles. The Kier molecular flexibility index (Phi) is 10.3. The number of carbonyl (C=O) groups is 2. The molecule has 0 aromatic heterocycles. The van der Waals surface area contributed by atoms with Gasteiger partial charge in [-0.05, 0) is 73.2 Å². The predicted molar refractivity (Wildman–Crippen MR) is 148 cm³/mol. The summed E-state index contributed by atoms with van der Waals surface area (Å²) in [5.41, 5.74) is 2.30. The molecule has 0 fully saturated rings.